The number of carbonyl (C=O) groups excluding carboxylic acids is 1. The van der Waals surface area contributed by atoms with Crippen LogP contribution in [0.3, 0.4) is 0 Å². The SMILES string of the molecule is Cc1cc(C2CCCNC2)oc(=O)c1C(=O)NCc1ccccc1-n1ccnc1C. The minimum atomic E-state index is -0.577. The summed E-state index contributed by atoms with van der Waals surface area (Å²) in [4.78, 5) is 29.7. The summed E-state index contributed by atoms with van der Waals surface area (Å²) in [6, 6.07) is 9.62. The van der Waals surface area contributed by atoms with E-state index in [4.69, 9.17) is 4.42 Å². The van der Waals surface area contributed by atoms with Gasteiger partial charge in [-0.05, 0) is 56.5 Å². The van der Waals surface area contributed by atoms with E-state index in [-0.39, 0.29) is 11.5 Å². The van der Waals surface area contributed by atoms with Gasteiger partial charge in [0.25, 0.3) is 5.91 Å². The molecule has 2 aromatic heterocycles. The summed E-state index contributed by atoms with van der Waals surface area (Å²) in [7, 11) is 0. The van der Waals surface area contributed by atoms with Crippen LogP contribution in [0, 0.1) is 13.8 Å². The lowest BCUT2D eigenvalue weighted by molar-refractivity contribution is 0.0945. The largest absolute Gasteiger partial charge is 0.427 e. The predicted molar refractivity (Wildman–Crippen MR) is 114 cm³/mol. The van der Waals surface area contributed by atoms with Crippen LogP contribution in [-0.2, 0) is 6.54 Å². The number of imidazole rings is 1. The summed E-state index contributed by atoms with van der Waals surface area (Å²) < 4.78 is 7.50. The lowest BCUT2D eigenvalue weighted by Crippen LogP contribution is -2.31. The number of amides is 1. The zero-order valence-corrected chi connectivity index (χ0v) is 17.3. The summed E-state index contributed by atoms with van der Waals surface area (Å²) in [6.45, 7) is 5.78. The number of carbonyl (C=O) groups is 1. The van der Waals surface area contributed by atoms with E-state index in [0.717, 1.165) is 43.0 Å². The molecule has 30 heavy (non-hydrogen) atoms. The average Bonchev–Trinajstić information content (AvgIpc) is 3.18. The Balaban J connectivity index is 1.53. The Kier molecular flexibility index (Phi) is 5.81. The molecule has 7 heteroatoms. The maximum atomic E-state index is 12.8. The molecular formula is C23H26N4O3. The van der Waals surface area contributed by atoms with Crippen molar-refractivity contribution in [1.29, 1.82) is 0 Å². The van der Waals surface area contributed by atoms with Crippen LogP contribution < -0.4 is 16.3 Å². The number of aryl methyl sites for hydroxylation is 2. The first-order chi connectivity index (χ1) is 14.5. The van der Waals surface area contributed by atoms with Crippen molar-refractivity contribution in [2.24, 2.45) is 0 Å². The number of nitrogens with one attached hydrogen (secondary N) is 2. The van der Waals surface area contributed by atoms with Crippen LogP contribution in [0.5, 0.6) is 0 Å². The average molecular weight is 406 g/mol. The molecule has 1 amide bonds. The smallest absolute Gasteiger partial charge is 0.349 e. The van der Waals surface area contributed by atoms with Crippen molar-refractivity contribution in [3.63, 3.8) is 0 Å². The maximum absolute atomic E-state index is 12.8. The number of rotatable bonds is 5. The fourth-order valence-electron chi connectivity index (χ4n) is 3.99. The number of benzene rings is 1. The predicted octanol–water partition coefficient (Wildman–Crippen LogP) is 2.84. The van der Waals surface area contributed by atoms with Gasteiger partial charge in [0, 0.05) is 31.4 Å². The van der Waals surface area contributed by atoms with Crippen LogP contribution in [0.15, 0.2) is 51.9 Å². The third-order valence-corrected chi connectivity index (χ3v) is 5.61. The molecule has 1 unspecified atom stereocenters. The van der Waals surface area contributed by atoms with Gasteiger partial charge in [0.2, 0.25) is 0 Å². The van der Waals surface area contributed by atoms with Gasteiger partial charge >= 0.3 is 5.63 Å². The number of hydrogen-bond acceptors (Lipinski definition) is 5. The summed E-state index contributed by atoms with van der Waals surface area (Å²) in [6.07, 6.45) is 5.65. The van der Waals surface area contributed by atoms with E-state index in [1.807, 2.05) is 48.0 Å². The molecule has 1 atom stereocenters. The Morgan fingerprint density at radius 1 is 1.33 bits per heavy atom. The molecule has 1 aromatic carbocycles. The first-order valence-corrected chi connectivity index (χ1v) is 10.3. The fraction of sp³-hybridized carbons (Fsp3) is 0.348. The Morgan fingerprint density at radius 2 is 2.17 bits per heavy atom. The van der Waals surface area contributed by atoms with E-state index in [1.54, 1.807) is 13.1 Å². The summed E-state index contributed by atoms with van der Waals surface area (Å²) >= 11 is 0. The van der Waals surface area contributed by atoms with E-state index in [1.165, 1.54) is 0 Å². The molecule has 4 rings (SSSR count). The second-order valence-corrected chi connectivity index (χ2v) is 7.69. The molecule has 1 aliphatic heterocycles. The van der Waals surface area contributed by atoms with Gasteiger partial charge in [-0.25, -0.2) is 9.78 Å². The first kappa shape index (κ1) is 20.1. The van der Waals surface area contributed by atoms with Crippen molar-refractivity contribution in [2.75, 3.05) is 13.1 Å². The highest BCUT2D eigenvalue weighted by molar-refractivity contribution is 5.95. The highest BCUT2D eigenvalue weighted by Gasteiger charge is 2.22. The van der Waals surface area contributed by atoms with E-state index in [2.05, 4.69) is 15.6 Å². The van der Waals surface area contributed by atoms with Crippen LogP contribution in [0.25, 0.3) is 5.69 Å². The lowest BCUT2D eigenvalue weighted by Gasteiger charge is -2.22. The topological polar surface area (TPSA) is 89.2 Å². The fourth-order valence-corrected chi connectivity index (χ4v) is 3.99. The molecule has 0 bridgehead atoms. The van der Waals surface area contributed by atoms with Gasteiger partial charge in [-0.3, -0.25) is 4.79 Å². The minimum Gasteiger partial charge on any atom is -0.427 e. The van der Waals surface area contributed by atoms with E-state index in [9.17, 15) is 9.59 Å². The van der Waals surface area contributed by atoms with Crippen molar-refractivity contribution in [1.82, 2.24) is 20.2 Å². The number of hydrogen-bond donors (Lipinski definition) is 2. The van der Waals surface area contributed by atoms with Gasteiger partial charge < -0.3 is 19.6 Å². The van der Waals surface area contributed by atoms with Crippen LogP contribution in [0.2, 0.25) is 0 Å². The number of aromatic nitrogens is 2. The first-order valence-electron chi connectivity index (χ1n) is 10.3. The highest BCUT2D eigenvalue weighted by atomic mass is 16.4. The van der Waals surface area contributed by atoms with Crippen LogP contribution >= 0.6 is 0 Å². The highest BCUT2D eigenvalue weighted by Crippen LogP contribution is 2.23. The van der Waals surface area contributed by atoms with Gasteiger partial charge in [0.1, 0.15) is 17.1 Å². The monoisotopic (exact) mass is 406 g/mol. The van der Waals surface area contributed by atoms with Gasteiger partial charge in [0.15, 0.2) is 0 Å². The molecule has 3 heterocycles. The van der Waals surface area contributed by atoms with Crippen molar-refractivity contribution < 1.29 is 9.21 Å². The molecule has 1 aliphatic rings. The molecule has 7 nitrogen and oxygen atoms in total. The summed E-state index contributed by atoms with van der Waals surface area (Å²) in [5.74, 6) is 1.26. The molecule has 0 spiro atoms. The van der Waals surface area contributed by atoms with E-state index < -0.39 is 11.5 Å². The minimum absolute atomic E-state index is 0.0683. The van der Waals surface area contributed by atoms with Gasteiger partial charge in [-0.1, -0.05) is 18.2 Å². The molecule has 0 radical (unpaired) electrons. The third kappa shape index (κ3) is 4.07. The van der Waals surface area contributed by atoms with Crippen LogP contribution in [0.1, 0.15) is 51.8 Å². The second kappa shape index (κ2) is 8.67. The number of piperidine rings is 1. The van der Waals surface area contributed by atoms with Crippen molar-refractivity contribution in [2.45, 2.75) is 39.2 Å². The van der Waals surface area contributed by atoms with Gasteiger partial charge in [-0.15, -0.1) is 0 Å². The zero-order valence-electron chi connectivity index (χ0n) is 17.3. The van der Waals surface area contributed by atoms with Gasteiger partial charge in [-0.2, -0.15) is 0 Å². The Morgan fingerprint density at radius 3 is 2.87 bits per heavy atom. The lowest BCUT2D eigenvalue weighted by atomic mass is 9.95. The van der Waals surface area contributed by atoms with Crippen LogP contribution in [0.4, 0.5) is 0 Å². The van der Waals surface area contributed by atoms with E-state index in [0.29, 0.717) is 17.9 Å². The second-order valence-electron chi connectivity index (χ2n) is 7.69. The zero-order chi connectivity index (χ0) is 21.1. The van der Waals surface area contributed by atoms with Gasteiger partial charge in [0.05, 0.1) is 5.69 Å². The molecule has 1 saturated heterocycles. The third-order valence-electron chi connectivity index (χ3n) is 5.61. The number of para-hydroxylation sites is 1. The Bertz CT molecular complexity index is 1110. The normalized spacial score (nSPS) is 16.4. The Hall–Kier alpha value is -3.19. The molecular weight excluding hydrogens is 380 g/mol. The van der Waals surface area contributed by atoms with Crippen molar-refractivity contribution in [3.05, 3.63) is 81.4 Å². The quantitative estimate of drug-likeness (QED) is 0.680. The molecule has 0 aliphatic carbocycles. The van der Waals surface area contributed by atoms with Crippen LogP contribution in [-0.4, -0.2) is 28.5 Å². The number of nitrogens with zero attached hydrogens (tertiary/aromatic N) is 2. The van der Waals surface area contributed by atoms with Crippen molar-refractivity contribution in [3.8, 4) is 5.69 Å². The molecule has 1 fully saturated rings. The summed E-state index contributed by atoms with van der Waals surface area (Å²) in [5.41, 5.74) is 2.00. The Labute approximate surface area is 175 Å². The molecule has 2 N–H and O–H groups in total. The molecule has 156 valence electrons. The summed E-state index contributed by atoms with van der Waals surface area (Å²) in [5, 5.41) is 6.19. The standard InChI is InChI=1S/C23H26N4O3/c1-15-12-20(18-7-5-9-24-13-18)30-23(29)21(15)22(28)26-14-17-6-3-4-8-19(17)27-11-10-25-16(27)2/h3-4,6,8,10-12,18,24H,5,7,9,13-14H2,1-2H3,(H,26,28). The van der Waals surface area contributed by atoms with E-state index >= 15 is 0 Å². The van der Waals surface area contributed by atoms with Crippen molar-refractivity contribution >= 4 is 5.91 Å². The molecule has 0 saturated carbocycles. The molecule has 3 aromatic rings. The maximum Gasteiger partial charge on any atom is 0.349 e.